The van der Waals surface area contributed by atoms with Crippen LogP contribution in [0.3, 0.4) is 0 Å². The first-order valence-electron chi connectivity index (χ1n) is 11.2. The Kier molecular flexibility index (Phi) is 7.62. The third-order valence-corrected chi connectivity index (χ3v) is 6.64. The maximum Gasteiger partial charge on any atom is 0.266 e. The van der Waals surface area contributed by atoms with Crippen molar-refractivity contribution in [2.75, 3.05) is 13.2 Å². The van der Waals surface area contributed by atoms with Gasteiger partial charge in [-0.25, -0.2) is 4.68 Å². The van der Waals surface area contributed by atoms with E-state index in [-0.39, 0.29) is 5.91 Å². The molecule has 2 aromatic carbocycles. The average molecular weight is 478 g/mol. The minimum atomic E-state index is -0.0371. The van der Waals surface area contributed by atoms with Gasteiger partial charge in [-0.3, -0.25) is 9.69 Å². The highest BCUT2D eigenvalue weighted by Gasteiger charge is 2.31. The van der Waals surface area contributed by atoms with E-state index in [4.69, 9.17) is 22.1 Å². The van der Waals surface area contributed by atoms with Crippen molar-refractivity contribution in [3.05, 3.63) is 71.3 Å². The first-order valence-corrected chi connectivity index (χ1v) is 12.5. The highest BCUT2D eigenvalue weighted by atomic mass is 32.2. The number of amides is 1. The highest BCUT2D eigenvalue weighted by Crippen LogP contribution is 2.35. The van der Waals surface area contributed by atoms with Crippen LogP contribution in [0.4, 0.5) is 0 Å². The van der Waals surface area contributed by atoms with E-state index >= 15 is 0 Å². The Labute approximate surface area is 204 Å². The number of rotatable bonds is 9. The molecule has 5 nitrogen and oxygen atoms in total. The van der Waals surface area contributed by atoms with E-state index in [1.165, 1.54) is 11.8 Å². The Morgan fingerprint density at radius 1 is 1.06 bits per heavy atom. The lowest BCUT2D eigenvalue weighted by molar-refractivity contribution is -0.122. The monoisotopic (exact) mass is 477 g/mol. The minimum Gasteiger partial charge on any atom is -0.494 e. The van der Waals surface area contributed by atoms with Gasteiger partial charge in [0.15, 0.2) is 0 Å². The molecule has 0 aliphatic carbocycles. The molecule has 4 rings (SSSR count). The summed E-state index contributed by atoms with van der Waals surface area (Å²) in [4.78, 5) is 15.2. The zero-order valence-electron chi connectivity index (χ0n) is 18.9. The number of benzene rings is 2. The number of para-hydroxylation sites is 1. The molecular weight excluding hydrogens is 450 g/mol. The van der Waals surface area contributed by atoms with Crippen LogP contribution in [-0.2, 0) is 4.79 Å². The summed E-state index contributed by atoms with van der Waals surface area (Å²) in [7, 11) is 0. The average Bonchev–Trinajstić information content (AvgIpc) is 3.37. The predicted octanol–water partition coefficient (Wildman–Crippen LogP) is 6.33. The number of unbranched alkanes of at least 4 members (excludes halogenated alkanes) is 1. The van der Waals surface area contributed by atoms with Crippen LogP contribution in [0, 0.1) is 0 Å². The van der Waals surface area contributed by atoms with Crippen molar-refractivity contribution >= 4 is 40.3 Å². The van der Waals surface area contributed by atoms with Crippen LogP contribution in [0.25, 0.3) is 23.0 Å². The number of thiocarbonyl (C=S) groups is 1. The lowest BCUT2D eigenvalue weighted by Crippen LogP contribution is -2.28. The zero-order chi connectivity index (χ0) is 23.2. The molecule has 0 N–H and O–H groups in total. The van der Waals surface area contributed by atoms with E-state index in [1.807, 2.05) is 78.5 Å². The van der Waals surface area contributed by atoms with Crippen molar-refractivity contribution < 1.29 is 9.53 Å². The molecule has 3 aromatic rings. The lowest BCUT2D eigenvalue weighted by atomic mass is 10.1. The number of nitrogens with zero attached hydrogens (tertiary/aromatic N) is 3. The number of carbonyl (C=O) groups is 1. The predicted molar refractivity (Wildman–Crippen MR) is 140 cm³/mol. The van der Waals surface area contributed by atoms with E-state index in [2.05, 4.69) is 6.92 Å². The Morgan fingerprint density at radius 3 is 2.52 bits per heavy atom. The number of thioether (sulfide) groups is 1. The van der Waals surface area contributed by atoms with E-state index in [0.29, 0.717) is 22.4 Å². The van der Waals surface area contributed by atoms with Gasteiger partial charge in [0.2, 0.25) is 0 Å². The normalized spacial score (nSPS) is 15.0. The van der Waals surface area contributed by atoms with Gasteiger partial charge in [0.25, 0.3) is 5.91 Å². The van der Waals surface area contributed by atoms with E-state index in [1.54, 1.807) is 4.90 Å². The van der Waals surface area contributed by atoms with Crippen LogP contribution in [0.5, 0.6) is 5.75 Å². The summed E-state index contributed by atoms with van der Waals surface area (Å²) in [5.41, 5.74) is 3.59. The summed E-state index contributed by atoms with van der Waals surface area (Å²) in [6, 6.07) is 17.9. The van der Waals surface area contributed by atoms with Gasteiger partial charge >= 0.3 is 0 Å². The van der Waals surface area contributed by atoms with E-state index in [9.17, 15) is 4.79 Å². The largest absolute Gasteiger partial charge is 0.494 e. The van der Waals surface area contributed by atoms with Crippen molar-refractivity contribution in [2.24, 2.45) is 0 Å². The maximum absolute atomic E-state index is 12.9. The SMILES string of the molecule is CCCCOc1ccc(-c2nn(-c3ccccc3)cc2/C=C2\SC(=S)N(CCC)C2=O)cc1. The van der Waals surface area contributed by atoms with Crippen molar-refractivity contribution in [3.8, 4) is 22.7 Å². The van der Waals surface area contributed by atoms with Crippen LogP contribution in [0.1, 0.15) is 38.7 Å². The maximum atomic E-state index is 12.9. The summed E-state index contributed by atoms with van der Waals surface area (Å²) in [6.45, 7) is 5.54. The molecule has 33 heavy (non-hydrogen) atoms. The second kappa shape index (κ2) is 10.8. The third-order valence-electron chi connectivity index (χ3n) is 5.27. The van der Waals surface area contributed by atoms with Gasteiger partial charge in [-0.2, -0.15) is 5.10 Å². The molecule has 1 saturated heterocycles. The Balaban J connectivity index is 1.70. The van der Waals surface area contributed by atoms with Crippen LogP contribution in [-0.4, -0.2) is 38.1 Å². The standard InChI is InChI=1S/C26H27N3O2S2/c1-3-5-16-31-22-13-11-19(12-14-22)24-20(18-29(27-24)21-9-7-6-8-10-21)17-23-25(30)28(15-4-2)26(32)33-23/h6-14,17-18H,3-5,15-16H2,1-2H3/b23-17-. The molecule has 0 radical (unpaired) electrons. The smallest absolute Gasteiger partial charge is 0.266 e. The third kappa shape index (κ3) is 5.37. The second-order valence-corrected chi connectivity index (χ2v) is 9.45. The van der Waals surface area contributed by atoms with Gasteiger partial charge in [-0.05, 0) is 55.3 Å². The molecule has 0 unspecified atom stereocenters. The summed E-state index contributed by atoms with van der Waals surface area (Å²) in [6.07, 6.45) is 6.86. The fourth-order valence-electron chi connectivity index (χ4n) is 3.53. The first-order chi connectivity index (χ1) is 16.1. The molecule has 0 bridgehead atoms. The van der Waals surface area contributed by atoms with Crippen LogP contribution in [0.2, 0.25) is 0 Å². The summed E-state index contributed by atoms with van der Waals surface area (Å²) in [5, 5.41) is 4.86. The topological polar surface area (TPSA) is 47.4 Å². The molecule has 7 heteroatoms. The number of ether oxygens (including phenoxy) is 1. The van der Waals surface area contributed by atoms with Crippen LogP contribution in [0.15, 0.2) is 65.7 Å². The van der Waals surface area contributed by atoms with Crippen LogP contribution < -0.4 is 4.74 Å². The number of hydrogen-bond donors (Lipinski definition) is 0. The molecule has 0 saturated carbocycles. The van der Waals surface area contributed by atoms with E-state index < -0.39 is 0 Å². The van der Waals surface area contributed by atoms with Gasteiger partial charge in [-0.15, -0.1) is 0 Å². The lowest BCUT2D eigenvalue weighted by Gasteiger charge is -2.11. The fourth-order valence-corrected chi connectivity index (χ4v) is 4.83. The zero-order valence-corrected chi connectivity index (χ0v) is 20.5. The quantitative estimate of drug-likeness (QED) is 0.205. The molecule has 1 aliphatic rings. The van der Waals surface area contributed by atoms with Crippen molar-refractivity contribution in [1.29, 1.82) is 0 Å². The molecule has 0 spiro atoms. The number of hydrogen-bond acceptors (Lipinski definition) is 5. The Hall–Kier alpha value is -2.90. The molecule has 1 aliphatic heterocycles. The van der Waals surface area contributed by atoms with Gasteiger partial charge in [-0.1, -0.05) is 62.4 Å². The van der Waals surface area contributed by atoms with E-state index in [0.717, 1.165) is 47.5 Å². The molecule has 1 aromatic heterocycles. The van der Waals surface area contributed by atoms with Crippen molar-refractivity contribution in [1.82, 2.24) is 14.7 Å². The van der Waals surface area contributed by atoms with Gasteiger partial charge in [0, 0.05) is 23.9 Å². The minimum absolute atomic E-state index is 0.0371. The fraction of sp³-hybridized carbons (Fsp3) is 0.269. The molecule has 2 heterocycles. The Morgan fingerprint density at radius 2 is 1.82 bits per heavy atom. The van der Waals surface area contributed by atoms with Crippen LogP contribution >= 0.6 is 24.0 Å². The second-order valence-electron chi connectivity index (χ2n) is 7.77. The molecule has 0 atom stereocenters. The number of aromatic nitrogens is 2. The molecule has 1 fully saturated rings. The highest BCUT2D eigenvalue weighted by molar-refractivity contribution is 8.26. The summed E-state index contributed by atoms with van der Waals surface area (Å²) >= 11 is 6.79. The summed E-state index contributed by atoms with van der Waals surface area (Å²) in [5.74, 6) is 0.807. The Bertz CT molecular complexity index is 1150. The molecule has 170 valence electrons. The number of carbonyl (C=O) groups excluding carboxylic acids is 1. The van der Waals surface area contributed by atoms with Crippen molar-refractivity contribution in [3.63, 3.8) is 0 Å². The van der Waals surface area contributed by atoms with Gasteiger partial charge in [0.1, 0.15) is 10.1 Å². The molecule has 1 amide bonds. The first kappa shape index (κ1) is 23.3. The van der Waals surface area contributed by atoms with Crippen molar-refractivity contribution in [2.45, 2.75) is 33.1 Å². The molecular formula is C26H27N3O2S2. The van der Waals surface area contributed by atoms with Gasteiger partial charge in [0.05, 0.1) is 22.9 Å². The summed E-state index contributed by atoms with van der Waals surface area (Å²) < 4.78 is 8.26. The van der Waals surface area contributed by atoms with Gasteiger partial charge < -0.3 is 4.74 Å².